The van der Waals surface area contributed by atoms with Gasteiger partial charge in [-0.2, -0.15) is 0 Å². The van der Waals surface area contributed by atoms with E-state index in [0.29, 0.717) is 24.5 Å². The fourth-order valence-corrected chi connectivity index (χ4v) is 4.88. The zero-order valence-corrected chi connectivity index (χ0v) is 19.2. The second-order valence-electron chi connectivity index (χ2n) is 7.66. The van der Waals surface area contributed by atoms with Crippen LogP contribution in [0.4, 0.5) is 11.4 Å². The fraction of sp³-hybridized carbons (Fsp3) is 0.440. The molecule has 5 nitrogen and oxygen atoms in total. The van der Waals surface area contributed by atoms with Crippen LogP contribution in [0.5, 0.6) is 5.75 Å². The third kappa shape index (κ3) is 6.26. The van der Waals surface area contributed by atoms with Crippen LogP contribution < -0.4 is 15.0 Å². The first-order valence-electron chi connectivity index (χ1n) is 11.2. The van der Waals surface area contributed by atoms with E-state index >= 15 is 0 Å². The first-order valence-corrected chi connectivity index (χ1v) is 12.2. The number of benzene rings is 2. The predicted octanol–water partition coefficient (Wildman–Crippen LogP) is 6.16. The van der Waals surface area contributed by atoms with Crippen LogP contribution in [0.1, 0.15) is 63.3 Å². The van der Waals surface area contributed by atoms with Gasteiger partial charge in [0.15, 0.2) is 0 Å². The van der Waals surface area contributed by atoms with Gasteiger partial charge in [-0.15, -0.1) is 11.8 Å². The molecule has 6 heteroatoms. The molecule has 2 amide bonds. The van der Waals surface area contributed by atoms with Gasteiger partial charge in [-0.25, -0.2) is 0 Å². The minimum atomic E-state index is -0.113. The van der Waals surface area contributed by atoms with Crippen LogP contribution in [0, 0.1) is 0 Å². The largest absolute Gasteiger partial charge is 0.492 e. The molecular formula is C25H32N2O3S. The molecule has 1 atom stereocenters. The molecule has 0 aromatic heterocycles. The molecule has 3 rings (SSSR count). The van der Waals surface area contributed by atoms with Gasteiger partial charge in [0.05, 0.1) is 18.0 Å². The van der Waals surface area contributed by atoms with Crippen LogP contribution in [0.15, 0.2) is 48.5 Å². The van der Waals surface area contributed by atoms with E-state index in [1.807, 2.05) is 60.4 Å². The van der Waals surface area contributed by atoms with Crippen molar-refractivity contribution in [1.82, 2.24) is 0 Å². The van der Waals surface area contributed by atoms with Crippen molar-refractivity contribution in [3.05, 3.63) is 54.1 Å². The maximum absolute atomic E-state index is 12.7. The first-order chi connectivity index (χ1) is 15.1. The van der Waals surface area contributed by atoms with Crippen LogP contribution in [0.25, 0.3) is 0 Å². The fourth-order valence-electron chi connectivity index (χ4n) is 3.71. The van der Waals surface area contributed by atoms with Crippen molar-refractivity contribution in [2.75, 3.05) is 22.6 Å². The highest BCUT2D eigenvalue weighted by Gasteiger charge is 2.35. The molecule has 31 heavy (non-hydrogen) atoms. The third-order valence-corrected chi connectivity index (χ3v) is 6.49. The molecule has 1 fully saturated rings. The molecule has 0 saturated carbocycles. The number of unbranched alkanes of at least 4 members (excludes halogenated alkanes) is 4. The van der Waals surface area contributed by atoms with E-state index in [2.05, 4.69) is 12.2 Å². The van der Waals surface area contributed by atoms with Crippen molar-refractivity contribution in [1.29, 1.82) is 0 Å². The smallest absolute Gasteiger partial charge is 0.238 e. The molecule has 1 saturated heterocycles. The molecule has 1 heterocycles. The van der Waals surface area contributed by atoms with Gasteiger partial charge in [-0.05, 0) is 43.2 Å². The van der Waals surface area contributed by atoms with Gasteiger partial charge in [-0.3, -0.25) is 14.5 Å². The summed E-state index contributed by atoms with van der Waals surface area (Å²) in [6.45, 7) is 4.67. The topological polar surface area (TPSA) is 58.6 Å². The van der Waals surface area contributed by atoms with Gasteiger partial charge in [0.1, 0.15) is 11.1 Å². The SMILES string of the molecule is CCCCCCCC(=O)Nc1ccc(C2SCC(=O)N2c2ccccc2OCC)cc1. The van der Waals surface area contributed by atoms with E-state index in [-0.39, 0.29) is 17.2 Å². The first kappa shape index (κ1) is 23.2. The third-order valence-electron chi connectivity index (χ3n) is 5.28. The highest BCUT2D eigenvalue weighted by Crippen LogP contribution is 2.44. The Labute approximate surface area is 189 Å². The van der Waals surface area contributed by atoms with Crippen molar-refractivity contribution in [2.24, 2.45) is 0 Å². The van der Waals surface area contributed by atoms with Gasteiger partial charge >= 0.3 is 0 Å². The molecule has 0 spiro atoms. The van der Waals surface area contributed by atoms with E-state index < -0.39 is 0 Å². The van der Waals surface area contributed by atoms with Gasteiger partial charge in [-0.1, -0.05) is 56.9 Å². The van der Waals surface area contributed by atoms with Crippen LogP contribution in [0.3, 0.4) is 0 Å². The van der Waals surface area contributed by atoms with E-state index in [4.69, 9.17) is 4.74 Å². The van der Waals surface area contributed by atoms with E-state index in [1.54, 1.807) is 11.8 Å². The summed E-state index contributed by atoms with van der Waals surface area (Å²) in [6, 6.07) is 15.5. The van der Waals surface area contributed by atoms with Gasteiger partial charge in [0, 0.05) is 12.1 Å². The van der Waals surface area contributed by atoms with Crippen LogP contribution in [0.2, 0.25) is 0 Å². The average Bonchev–Trinajstić information content (AvgIpc) is 3.16. The molecule has 1 aliphatic heterocycles. The normalized spacial score (nSPS) is 15.9. The quantitative estimate of drug-likeness (QED) is 0.425. The lowest BCUT2D eigenvalue weighted by atomic mass is 10.1. The summed E-state index contributed by atoms with van der Waals surface area (Å²) in [5.74, 6) is 1.28. The molecule has 1 N–H and O–H groups in total. The van der Waals surface area contributed by atoms with Crippen LogP contribution in [-0.2, 0) is 9.59 Å². The molecule has 0 aliphatic carbocycles. The highest BCUT2D eigenvalue weighted by molar-refractivity contribution is 8.00. The van der Waals surface area contributed by atoms with Crippen molar-refractivity contribution in [3.8, 4) is 5.75 Å². The monoisotopic (exact) mass is 440 g/mol. The maximum atomic E-state index is 12.7. The Kier molecular flexibility index (Phi) is 8.83. The van der Waals surface area contributed by atoms with Crippen molar-refractivity contribution >= 4 is 35.0 Å². The lowest BCUT2D eigenvalue weighted by Crippen LogP contribution is -2.28. The maximum Gasteiger partial charge on any atom is 0.238 e. The summed E-state index contributed by atoms with van der Waals surface area (Å²) in [4.78, 5) is 26.7. The Morgan fingerprint density at radius 2 is 1.81 bits per heavy atom. The standard InChI is InChI=1S/C25H32N2O3S/c1-3-5-6-7-8-13-23(28)26-20-16-14-19(15-17-20)25-27(24(29)18-31-25)21-11-9-10-12-22(21)30-4-2/h9-12,14-17,25H,3-8,13,18H2,1-2H3,(H,26,28). The Hall–Kier alpha value is -2.47. The van der Waals surface area contributed by atoms with Crippen molar-refractivity contribution in [3.63, 3.8) is 0 Å². The molecule has 0 bridgehead atoms. The number of amides is 2. The molecule has 1 aliphatic rings. The summed E-state index contributed by atoms with van der Waals surface area (Å²) in [5, 5.41) is 2.87. The highest BCUT2D eigenvalue weighted by atomic mass is 32.2. The predicted molar refractivity (Wildman–Crippen MR) is 129 cm³/mol. The molecular weight excluding hydrogens is 408 g/mol. The van der Waals surface area contributed by atoms with E-state index in [0.717, 1.165) is 29.8 Å². The van der Waals surface area contributed by atoms with Gasteiger partial charge in [0.2, 0.25) is 11.8 Å². The Morgan fingerprint density at radius 3 is 2.55 bits per heavy atom. The Morgan fingerprint density at radius 1 is 1.06 bits per heavy atom. The number of carbonyl (C=O) groups excluding carboxylic acids is 2. The van der Waals surface area contributed by atoms with Gasteiger partial charge < -0.3 is 10.1 Å². The number of hydrogen-bond donors (Lipinski definition) is 1. The summed E-state index contributed by atoms with van der Waals surface area (Å²) in [7, 11) is 0. The molecule has 2 aromatic carbocycles. The molecule has 0 radical (unpaired) electrons. The zero-order chi connectivity index (χ0) is 22.1. The minimum absolute atomic E-state index is 0.0573. The summed E-state index contributed by atoms with van der Waals surface area (Å²) < 4.78 is 5.75. The van der Waals surface area contributed by atoms with Crippen LogP contribution in [-0.4, -0.2) is 24.2 Å². The summed E-state index contributed by atoms with van der Waals surface area (Å²) in [6.07, 6.45) is 6.22. The lowest BCUT2D eigenvalue weighted by Gasteiger charge is -2.26. The summed E-state index contributed by atoms with van der Waals surface area (Å²) in [5.41, 5.74) is 2.61. The number of thioether (sulfide) groups is 1. The van der Waals surface area contributed by atoms with Crippen LogP contribution >= 0.6 is 11.8 Å². The average molecular weight is 441 g/mol. The molecule has 2 aromatic rings. The number of nitrogens with zero attached hydrogens (tertiary/aromatic N) is 1. The Balaban J connectivity index is 1.65. The number of carbonyl (C=O) groups is 2. The second kappa shape index (κ2) is 11.8. The van der Waals surface area contributed by atoms with E-state index in [1.165, 1.54) is 19.3 Å². The van der Waals surface area contributed by atoms with Gasteiger partial charge in [0.25, 0.3) is 0 Å². The van der Waals surface area contributed by atoms with Crippen molar-refractivity contribution < 1.29 is 14.3 Å². The summed E-state index contributed by atoms with van der Waals surface area (Å²) >= 11 is 1.60. The number of anilines is 2. The lowest BCUT2D eigenvalue weighted by molar-refractivity contribution is -0.116. The number of nitrogens with one attached hydrogen (secondary N) is 1. The van der Waals surface area contributed by atoms with E-state index in [9.17, 15) is 9.59 Å². The molecule has 166 valence electrons. The number of para-hydroxylation sites is 2. The number of hydrogen-bond acceptors (Lipinski definition) is 4. The minimum Gasteiger partial charge on any atom is -0.492 e. The number of rotatable bonds is 11. The molecule has 1 unspecified atom stereocenters. The van der Waals surface area contributed by atoms with Crippen molar-refractivity contribution in [2.45, 2.75) is 57.7 Å². The second-order valence-corrected chi connectivity index (χ2v) is 8.73. The number of ether oxygens (including phenoxy) is 1. The zero-order valence-electron chi connectivity index (χ0n) is 18.4. The Bertz CT molecular complexity index is 869.